The first-order valence-corrected chi connectivity index (χ1v) is 6.02. The number of methoxy groups -OCH3 is 1. The average Bonchev–Trinajstić information content (AvgIpc) is 2.46. The van der Waals surface area contributed by atoms with Gasteiger partial charge in [0.15, 0.2) is 0 Å². The van der Waals surface area contributed by atoms with Gasteiger partial charge in [0, 0.05) is 12.7 Å². The molecule has 0 aliphatic rings. The van der Waals surface area contributed by atoms with Gasteiger partial charge < -0.3 is 15.4 Å². The van der Waals surface area contributed by atoms with Gasteiger partial charge in [-0.25, -0.2) is 0 Å². The Morgan fingerprint density at radius 1 is 1.16 bits per heavy atom. The molecule has 0 saturated heterocycles. The van der Waals surface area contributed by atoms with Crippen molar-refractivity contribution in [3.63, 3.8) is 0 Å². The summed E-state index contributed by atoms with van der Waals surface area (Å²) in [7, 11) is 3.36. The van der Waals surface area contributed by atoms with E-state index in [-0.39, 0.29) is 12.0 Å². The molecule has 6 heteroatoms. The molecule has 2 rings (SSSR count). The molecule has 0 unspecified atom stereocenters. The van der Waals surface area contributed by atoms with Crippen LogP contribution in [0.4, 0.5) is 17.6 Å². The maximum atomic E-state index is 5.63. The Hall–Kier alpha value is -2.37. The van der Waals surface area contributed by atoms with Crippen LogP contribution >= 0.6 is 0 Å². The first kappa shape index (κ1) is 13.1. The van der Waals surface area contributed by atoms with Gasteiger partial charge in [-0.1, -0.05) is 19.1 Å². The van der Waals surface area contributed by atoms with E-state index in [0.29, 0.717) is 5.95 Å². The van der Waals surface area contributed by atoms with Gasteiger partial charge in [0.05, 0.1) is 7.11 Å². The van der Waals surface area contributed by atoms with Crippen molar-refractivity contribution in [2.24, 2.45) is 0 Å². The van der Waals surface area contributed by atoms with E-state index in [0.717, 1.165) is 12.1 Å². The summed E-state index contributed by atoms with van der Waals surface area (Å²) in [5, 5.41) is 0. The highest BCUT2D eigenvalue weighted by atomic mass is 16.5. The van der Waals surface area contributed by atoms with Crippen LogP contribution in [0.3, 0.4) is 0 Å². The Morgan fingerprint density at radius 3 is 2.42 bits per heavy atom. The summed E-state index contributed by atoms with van der Waals surface area (Å²) >= 11 is 0. The molecule has 1 aromatic carbocycles. The van der Waals surface area contributed by atoms with E-state index in [4.69, 9.17) is 10.5 Å². The number of hydrogen-bond acceptors (Lipinski definition) is 6. The van der Waals surface area contributed by atoms with Gasteiger partial charge in [0.25, 0.3) is 0 Å². The zero-order valence-electron chi connectivity index (χ0n) is 11.3. The molecule has 6 nitrogen and oxygen atoms in total. The molecule has 1 aromatic heterocycles. The highest BCUT2D eigenvalue weighted by Gasteiger charge is 2.10. The van der Waals surface area contributed by atoms with Gasteiger partial charge in [-0.3, -0.25) is 0 Å². The van der Waals surface area contributed by atoms with Crippen molar-refractivity contribution in [2.45, 2.75) is 13.3 Å². The Balaban J connectivity index is 2.31. The number of ether oxygens (including phenoxy) is 1. The van der Waals surface area contributed by atoms with Crippen LogP contribution in [0.5, 0.6) is 6.01 Å². The third-order valence-electron chi connectivity index (χ3n) is 2.83. The zero-order chi connectivity index (χ0) is 13.8. The zero-order valence-corrected chi connectivity index (χ0v) is 11.3. The van der Waals surface area contributed by atoms with Crippen LogP contribution in [0.25, 0.3) is 0 Å². The number of aryl methyl sites for hydroxylation is 1. The number of nitrogens with zero attached hydrogens (tertiary/aromatic N) is 4. The molecule has 0 radical (unpaired) electrons. The fourth-order valence-corrected chi connectivity index (χ4v) is 1.67. The molecule has 0 amide bonds. The Morgan fingerprint density at radius 2 is 1.84 bits per heavy atom. The topological polar surface area (TPSA) is 77.2 Å². The lowest BCUT2D eigenvalue weighted by Crippen LogP contribution is -2.15. The van der Waals surface area contributed by atoms with Crippen LogP contribution in [0.15, 0.2) is 24.3 Å². The number of nitrogen functional groups attached to an aromatic ring is 1. The SMILES string of the molecule is CCc1ccc(N(C)c2nc(N)nc(OC)n2)cc1. The lowest BCUT2D eigenvalue weighted by Gasteiger charge is -2.17. The summed E-state index contributed by atoms with van der Waals surface area (Å²) < 4.78 is 4.99. The second kappa shape index (κ2) is 5.51. The average molecular weight is 259 g/mol. The van der Waals surface area contributed by atoms with Gasteiger partial charge in [-0.2, -0.15) is 15.0 Å². The molecule has 0 aliphatic heterocycles. The predicted octanol–water partition coefficient (Wildman–Crippen LogP) is 1.79. The maximum Gasteiger partial charge on any atom is 0.322 e. The van der Waals surface area contributed by atoms with Gasteiger partial charge in [0.2, 0.25) is 11.9 Å². The highest BCUT2D eigenvalue weighted by Crippen LogP contribution is 2.22. The van der Waals surface area contributed by atoms with Crippen LogP contribution in [0.1, 0.15) is 12.5 Å². The second-order valence-corrected chi connectivity index (χ2v) is 4.06. The molecule has 1 heterocycles. The minimum absolute atomic E-state index is 0.138. The Bertz CT molecular complexity index is 555. The highest BCUT2D eigenvalue weighted by molar-refractivity contribution is 5.57. The molecular formula is C13H17N5O. The molecule has 100 valence electrons. The minimum atomic E-state index is 0.138. The van der Waals surface area contributed by atoms with Crippen LogP contribution < -0.4 is 15.4 Å². The van der Waals surface area contributed by atoms with Gasteiger partial charge >= 0.3 is 6.01 Å². The number of nitrogens with two attached hydrogens (primary N) is 1. The minimum Gasteiger partial charge on any atom is -0.467 e. The molecule has 2 N–H and O–H groups in total. The van der Waals surface area contributed by atoms with Crippen LogP contribution in [-0.2, 0) is 6.42 Å². The summed E-state index contributed by atoms with van der Waals surface area (Å²) in [6, 6.07) is 8.40. The van der Waals surface area contributed by atoms with Crippen molar-refractivity contribution in [2.75, 3.05) is 24.8 Å². The van der Waals surface area contributed by atoms with Crippen molar-refractivity contribution in [3.05, 3.63) is 29.8 Å². The monoisotopic (exact) mass is 259 g/mol. The molecule has 0 saturated carbocycles. The summed E-state index contributed by atoms with van der Waals surface area (Å²) in [6.45, 7) is 2.12. The molecule has 2 aromatic rings. The summed E-state index contributed by atoms with van der Waals surface area (Å²) in [6.07, 6.45) is 1.01. The molecule has 19 heavy (non-hydrogen) atoms. The van der Waals surface area contributed by atoms with E-state index in [1.807, 2.05) is 24.1 Å². The van der Waals surface area contributed by atoms with Crippen molar-refractivity contribution in [3.8, 4) is 6.01 Å². The largest absolute Gasteiger partial charge is 0.467 e. The van der Waals surface area contributed by atoms with Crippen molar-refractivity contribution < 1.29 is 4.74 Å². The quantitative estimate of drug-likeness (QED) is 0.902. The molecule has 0 spiro atoms. The van der Waals surface area contributed by atoms with Gasteiger partial charge in [0.1, 0.15) is 0 Å². The third-order valence-corrected chi connectivity index (χ3v) is 2.83. The summed E-state index contributed by atoms with van der Waals surface area (Å²) in [5.41, 5.74) is 7.89. The van der Waals surface area contributed by atoms with E-state index in [2.05, 4.69) is 34.0 Å². The molecular weight excluding hydrogens is 242 g/mol. The number of benzene rings is 1. The van der Waals surface area contributed by atoms with Crippen LogP contribution in [0, 0.1) is 0 Å². The van der Waals surface area contributed by atoms with Crippen molar-refractivity contribution in [1.82, 2.24) is 15.0 Å². The van der Waals surface area contributed by atoms with E-state index in [9.17, 15) is 0 Å². The van der Waals surface area contributed by atoms with Crippen molar-refractivity contribution >= 4 is 17.6 Å². The molecule has 0 aliphatic carbocycles. The maximum absolute atomic E-state index is 5.63. The Labute approximate surface area is 112 Å². The number of hydrogen-bond donors (Lipinski definition) is 1. The van der Waals surface area contributed by atoms with E-state index < -0.39 is 0 Å². The third kappa shape index (κ3) is 2.90. The number of rotatable bonds is 4. The first-order valence-electron chi connectivity index (χ1n) is 6.02. The van der Waals surface area contributed by atoms with Crippen LogP contribution in [0.2, 0.25) is 0 Å². The lowest BCUT2D eigenvalue weighted by molar-refractivity contribution is 0.379. The van der Waals surface area contributed by atoms with Gasteiger partial charge in [-0.15, -0.1) is 0 Å². The predicted molar refractivity (Wildman–Crippen MR) is 74.7 cm³/mol. The second-order valence-electron chi connectivity index (χ2n) is 4.06. The first-order chi connectivity index (χ1) is 9.13. The summed E-state index contributed by atoms with van der Waals surface area (Å²) in [5.74, 6) is 0.590. The number of aromatic nitrogens is 3. The fourth-order valence-electron chi connectivity index (χ4n) is 1.67. The smallest absolute Gasteiger partial charge is 0.322 e. The fraction of sp³-hybridized carbons (Fsp3) is 0.308. The lowest BCUT2D eigenvalue weighted by atomic mass is 10.1. The normalized spacial score (nSPS) is 10.3. The summed E-state index contributed by atoms with van der Waals surface area (Å²) in [4.78, 5) is 14.0. The Kier molecular flexibility index (Phi) is 3.79. The van der Waals surface area contributed by atoms with Crippen molar-refractivity contribution in [1.29, 1.82) is 0 Å². The number of anilines is 3. The van der Waals surface area contributed by atoms with E-state index in [1.165, 1.54) is 12.7 Å². The molecule has 0 atom stereocenters. The molecule has 0 bridgehead atoms. The van der Waals surface area contributed by atoms with E-state index >= 15 is 0 Å². The van der Waals surface area contributed by atoms with E-state index in [1.54, 1.807) is 0 Å². The van der Waals surface area contributed by atoms with Crippen LogP contribution in [-0.4, -0.2) is 29.1 Å². The van der Waals surface area contributed by atoms with Gasteiger partial charge in [-0.05, 0) is 24.1 Å². The molecule has 0 fully saturated rings. The standard InChI is InChI=1S/C13H17N5O/c1-4-9-5-7-10(8-6-9)18(2)12-15-11(14)16-13(17-12)19-3/h5-8H,4H2,1-3H3,(H2,14,15,16,17).